The van der Waals surface area contributed by atoms with Gasteiger partial charge in [0.15, 0.2) is 0 Å². The third kappa shape index (κ3) is 5.81. The third-order valence-electron chi connectivity index (χ3n) is 3.35. The van der Waals surface area contributed by atoms with Crippen LogP contribution >= 0.6 is 0 Å². The van der Waals surface area contributed by atoms with E-state index in [0.29, 0.717) is 25.6 Å². The molecule has 0 aromatic rings. The highest BCUT2D eigenvalue weighted by atomic mass is 32.2. The molecule has 6 heteroatoms. The molecule has 5 nitrogen and oxygen atoms in total. The van der Waals surface area contributed by atoms with Gasteiger partial charge in [0.05, 0.1) is 5.75 Å². The fourth-order valence-electron chi connectivity index (χ4n) is 2.25. The fourth-order valence-corrected chi connectivity index (χ4v) is 3.34. The summed E-state index contributed by atoms with van der Waals surface area (Å²) < 4.78 is 25.6. The van der Waals surface area contributed by atoms with Gasteiger partial charge in [-0.2, -0.15) is 0 Å². The van der Waals surface area contributed by atoms with Gasteiger partial charge in [-0.1, -0.05) is 12.8 Å². The number of nitrogens with one attached hydrogen (secondary N) is 1. The Bertz CT molecular complexity index is 300. The van der Waals surface area contributed by atoms with E-state index in [0.717, 1.165) is 6.54 Å². The van der Waals surface area contributed by atoms with Gasteiger partial charge in [-0.15, -0.1) is 0 Å². The highest BCUT2D eigenvalue weighted by Crippen LogP contribution is 2.21. The molecule has 1 aliphatic rings. The molecule has 0 unspecified atom stereocenters. The Morgan fingerprint density at radius 2 is 2.00 bits per heavy atom. The zero-order valence-electron chi connectivity index (χ0n) is 10.7. The lowest BCUT2D eigenvalue weighted by Gasteiger charge is -2.23. The maximum absolute atomic E-state index is 11.5. The number of likely N-dealkylation sites (N-methyl/N-ethyl adjacent to an activating group) is 1. The molecule has 0 saturated heterocycles. The molecule has 1 saturated carbocycles. The molecule has 0 amide bonds. The minimum absolute atomic E-state index is 0.136. The quantitative estimate of drug-likeness (QED) is 0.653. The summed E-state index contributed by atoms with van der Waals surface area (Å²) in [6.45, 7) is 1.70. The Balaban J connectivity index is 2.17. The van der Waals surface area contributed by atoms with Crippen LogP contribution < -0.4 is 10.5 Å². The van der Waals surface area contributed by atoms with Crippen LogP contribution in [0.4, 0.5) is 0 Å². The lowest BCUT2D eigenvalue weighted by atomic mass is 10.2. The first kappa shape index (κ1) is 14.9. The Hall–Kier alpha value is -0.170. The second-order valence-corrected chi connectivity index (χ2v) is 6.70. The summed E-state index contributed by atoms with van der Waals surface area (Å²) in [5.41, 5.74) is 5.29. The van der Waals surface area contributed by atoms with Gasteiger partial charge in [-0.25, -0.2) is 13.1 Å². The predicted octanol–water partition coefficient (Wildman–Crippen LogP) is 0.129. The number of nitrogens with two attached hydrogens (primary N) is 1. The van der Waals surface area contributed by atoms with Crippen molar-refractivity contribution in [2.45, 2.75) is 38.1 Å². The van der Waals surface area contributed by atoms with E-state index in [-0.39, 0.29) is 5.75 Å². The number of hydrogen-bond donors (Lipinski definition) is 2. The minimum Gasteiger partial charge on any atom is -0.330 e. The van der Waals surface area contributed by atoms with Crippen LogP contribution in [0, 0.1) is 0 Å². The van der Waals surface area contributed by atoms with E-state index in [4.69, 9.17) is 5.73 Å². The topological polar surface area (TPSA) is 75.4 Å². The Labute approximate surface area is 105 Å². The van der Waals surface area contributed by atoms with Crippen molar-refractivity contribution < 1.29 is 8.42 Å². The first-order chi connectivity index (χ1) is 8.05. The van der Waals surface area contributed by atoms with E-state index < -0.39 is 10.0 Å². The summed E-state index contributed by atoms with van der Waals surface area (Å²) in [6.07, 6.45) is 5.62. The number of nitrogens with zero attached hydrogens (tertiary/aromatic N) is 1. The molecule has 0 spiro atoms. The van der Waals surface area contributed by atoms with Crippen molar-refractivity contribution in [3.63, 3.8) is 0 Å². The van der Waals surface area contributed by atoms with Crippen molar-refractivity contribution >= 4 is 10.0 Å². The van der Waals surface area contributed by atoms with E-state index in [9.17, 15) is 8.42 Å². The average molecular weight is 263 g/mol. The highest BCUT2D eigenvalue weighted by molar-refractivity contribution is 7.89. The molecule has 0 aromatic carbocycles. The molecule has 0 atom stereocenters. The van der Waals surface area contributed by atoms with E-state index in [1.54, 1.807) is 0 Å². The number of hydrogen-bond acceptors (Lipinski definition) is 4. The summed E-state index contributed by atoms with van der Waals surface area (Å²) in [5, 5.41) is 0. The molecular formula is C11H25N3O2S. The van der Waals surface area contributed by atoms with Crippen molar-refractivity contribution in [3.05, 3.63) is 0 Å². The van der Waals surface area contributed by atoms with E-state index >= 15 is 0 Å². The third-order valence-corrected chi connectivity index (χ3v) is 4.82. The van der Waals surface area contributed by atoms with Gasteiger partial charge in [0.25, 0.3) is 0 Å². The molecule has 0 radical (unpaired) electrons. The van der Waals surface area contributed by atoms with E-state index in [1.165, 1.54) is 25.7 Å². The van der Waals surface area contributed by atoms with Crippen molar-refractivity contribution in [2.75, 3.05) is 32.4 Å². The predicted molar refractivity (Wildman–Crippen MR) is 70.3 cm³/mol. The molecule has 1 fully saturated rings. The lowest BCUT2D eigenvalue weighted by molar-refractivity contribution is 0.250. The zero-order chi connectivity index (χ0) is 12.7. The van der Waals surface area contributed by atoms with Crippen molar-refractivity contribution in [3.8, 4) is 0 Å². The van der Waals surface area contributed by atoms with Gasteiger partial charge in [0.2, 0.25) is 10.0 Å². The molecule has 0 aliphatic heterocycles. The van der Waals surface area contributed by atoms with Crippen LogP contribution in [0.3, 0.4) is 0 Å². The first-order valence-corrected chi connectivity index (χ1v) is 8.08. The van der Waals surface area contributed by atoms with Crippen LogP contribution in [-0.2, 0) is 10.0 Å². The molecule has 0 aromatic heterocycles. The van der Waals surface area contributed by atoms with Gasteiger partial charge >= 0.3 is 0 Å². The maximum Gasteiger partial charge on any atom is 0.211 e. The SMILES string of the molecule is CN(CCNS(=O)(=O)CCCN)C1CCCC1. The van der Waals surface area contributed by atoms with Gasteiger partial charge in [-0.3, -0.25) is 0 Å². The largest absolute Gasteiger partial charge is 0.330 e. The van der Waals surface area contributed by atoms with Gasteiger partial charge in [0, 0.05) is 19.1 Å². The van der Waals surface area contributed by atoms with Gasteiger partial charge in [-0.05, 0) is 32.9 Å². The summed E-state index contributed by atoms with van der Waals surface area (Å²) in [6, 6.07) is 0.642. The number of rotatable bonds is 8. The monoisotopic (exact) mass is 263 g/mol. The summed E-state index contributed by atoms with van der Waals surface area (Å²) >= 11 is 0. The Kier molecular flexibility index (Phi) is 6.40. The van der Waals surface area contributed by atoms with Gasteiger partial charge < -0.3 is 10.6 Å². The van der Waals surface area contributed by atoms with Crippen molar-refractivity contribution in [1.82, 2.24) is 9.62 Å². The molecule has 3 N–H and O–H groups in total. The highest BCUT2D eigenvalue weighted by Gasteiger charge is 2.19. The van der Waals surface area contributed by atoms with Crippen LogP contribution in [0.2, 0.25) is 0 Å². The number of sulfonamides is 1. The molecule has 1 rings (SSSR count). The van der Waals surface area contributed by atoms with Crippen molar-refractivity contribution in [2.24, 2.45) is 5.73 Å². The fraction of sp³-hybridized carbons (Fsp3) is 1.00. The van der Waals surface area contributed by atoms with Gasteiger partial charge in [0.1, 0.15) is 0 Å². The standard InChI is InChI=1S/C11H25N3O2S/c1-14(11-5-2-3-6-11)9-8-13-17(15,16)10-4-7-12/h11,13H,2-10,12H2,1H3. The van der Waals surface area contributed by atoms with Crippen LogP contribution in [0.1, 0.15) is 32.1 Å². The van der Waals surface area contributed by atoms with E-state index in [1.807, 2.05) is 0 Å². The molecule has 0 heterocycles. The smallest absolute Gasteiger partial charge is 0.211 e. The van der Waals surface area contributed by atoms with Crippen molar-refractivity contribution in [1.29, 1.82) is 0 Å². The summed E-state index contributed by atoms with van der Waals surface area (Å²) in [7, 11) is -1.05. The maximum atomic E-state index is 11.5. The Morgan fingerprint density at radius 3 is 2.59 bits per heavy atom. The van der Waals surface area contributed by atoms with Crippen LogP contribution in [-0.4, -0.2) is 51.8 Å². The second-order valence-electron chi connectivity index (χ2n) is 4.77. The van der Waals surface area contributed by atoms with E-state index in [2.05, 4.69) is 16.7 Å². The zero-order valence-corrected chi connectivity index (χ0v) is 11.5. The summed E-state index contributed by atoms with van der Waals surface area (Å²) in [5.74, 6) is 0.136. The summed E-state index contributed by atoms with van der Waals surface area (Å²) in [4.78, 5) is 2.26. The minimum atomic E-state index is -3.12. The lowest BCUT2D eigenvalue weighted by Crippen LogP contribution is -2.38. The Morgan fingerprint density at radius 1 is 1.35 bits per heavy atom. The normalized spacial score (nSPS) is 18.1. The average Bonchev–Trinajstić information content (AvgIpc) is 2.79. The molecule has 1 aliphatic carbocycles. The molecule has 102 valence electrons. The molecule has 17 heavy (non-hydrogen) atoms. The van der Waals surface area contributed by atoms with Crippen LogP contribution in [0.15, 0.2) is 0 Å². The van der Waals surface area contributed by atoms with Crippen LogP contribution in [0.25, 0.3) is 0 Å². The molecule has 0 bridgehead atoms. The van der Waals surface area contributed by atoms with Crippen LogP contribution in [0.5, 0.6) is 0 Å². The first-order valence-electron chi connectivity index (χ1n) is 6.43. The second kappa shape index (κ2) is 7.31. The molecular weight excluding hydrogens is 238 g/mol.